The van der Waals surface area contributed by atoms with Gasteiger partial charge < -0.3 is 5.11 Å². The molecule has 0 radical (unpaired) electrons. The molecule has 0 aromatic heterocycles. The molecule has 138 valence electrons. The normalized spacial score (nSPS) is 16.1. The summed E-state index contributed by atoms with van der Waals surface area (Å²) in [4.78, 5) is 38.0. The summed E-state index contributed by atoms with van der Waals surface area (Å²) in [5.74, 6) is -2.00. The van der Waals surface area contributed by atoms with Gasteiger partial charge in [-0.3, -0.25) is 14.9 Å². The smallest absolute Gasteiger partial charge is 0.335 e. The van der Waals surface area contributed by atoms with E-state index in [1.165, 1.54) is 24.3 Å². The minimum atomic E-state index is -0.885. The van der Waals surface area contributed by atoms with Crippen LogP contribution in [0.4, 0.5) is 10.5 Å². The van der Waals surface area contributed by atoms with E-state index < -0.39 is 17.8 Å². The largest absolute Gasteiger partial charge is 0.505 e. The Morgan fingerprint density at radius 1 is 1.00 bits per heavy atom. The maximum atomic E-state index is 12.8. The summed E-state index contributed by atoms with van der Waals surface area (Å²) < 4.78 is 0. The third-order valence-electron chi connectivity index (χ3n) is 3.87. The summed E-state index contributed by atoms with van der Waals surface area (Å²) in [6.45, 7) is 1.78. The Labute approximate surface area is 168 Å². The molecule has 0 aliphatic carbocycles. The molecule has 0 unspecified atom stereocenters. The van der Waals surface area contributed by atoms with E-state index in [0.29, 0.717) is 10.6 Å². The third kappa shape index (κ3) is 3.64. The number of amides is 4. The van der Waals surface area contributed by atoms with Crippen molar-refractivity contribution in [2.24, 2.45) is 0 Å². The summed E-state index contributed by atoms with van der Waals surface area (Å²) in [5, 5.41) is 12.0. The van der Waals surface area contributed by atoms with Crippen molar-refractivity contribution in [3.8, 4) is 5.75 Å². The zero-order chi connectivity index (χ0) is 19.9. The number of hydrogen-bond donors (Lipinski definition) is 2. The molecule has 1 heterocycles. The van der Waals surface area contributed by atoms with Gasteiger partial charge >= 0.3 is 6.03 Å². The van der Waals surface area contributed by atoms with E-state index >= 15 is 0 Å². The lowest BCUT2D eigenvalue weighted by Crippen LogP contribution is -2.54. The van der Waals surface area contributed by atoms with E-state index in [9.17, 15) is 19.5 Å². The molecule has 2 aromatic carbocycles. The molecule has 2 aromatic rings. The zero-order valence-corrected chi connectivity index (χ0v) is 16.0. The molecular weight excluding hydrogens is 415 g/mol. The van der Waals surface area contributed by atoms with Gasteiger partial charge in [0.25, 0.3) is 11.8 Å². The Kier molecular flexibility index (Phi) is 5.15. The van der Waals surface area contributed by atoms with Crippen LogP contribution >= 0.6 is 34.8 Å². The predicted octanol–water partition coefficient (Wildman–Crippen LogP) is 4.33. The summed E-state index contributed by atoms with van der Waals surface area (Å²) in [5.41, 5.74) is 0.987. The lowest BCUT2D eigenvalue weighted by Gasteiger charge is -2.26. The van der Waals surface area contributed by atoms with Crippen LogP contribution in [0.25, 0.3) is 6.08 Å². The van der Waals surface area contributed by atoms with Crippen LogP contribution in [0.1, 0.15) is 11.1 Å². The second-order valence-electron chi connectivity index (χ2n) is 5.72. The number of phenols is 1. The van der Waals surface area contributed by atoms with Gasteiger partial charge in [-0.15, -0.1) is 0 Å². The van der Waals surface area contributed by atoms with Gasteiger partial charge in [-0.2, -0.15) is 0 Å². The molecule has 27 heavy (non-hydrogen) atoms. The van der Waals surface area contributed by atoms with Crippen LogP contribution in [0, 0.1) is 6.92 Å². The van der Waals surface area contributed by atoms with Gasteiger partial charge in [-0.25, -0.2) is 9.69 Å². The van der Waals surface area contributed by atoms with Crippen molar-refractivity contribution < 1.29 is 19.5 Å². The lowest BCUT2D eigenvalue weighted by molar-refractivity contribution is -0.122. The SMILES string of the molecule is Cc1ccc(N2C(=O)NC(=O)C(=Cc3cc(Cl)c(O)c(Cl)c3)C2=O)cc1Cl. The van der Waals surface area contributed by atoms with Gasteiger partial charge in [-0.1, -0.05) is 40.9 Å². The first-order chi connectivity index (χ1) is 12.7. The third-order valence-corrected chi connectivity index (χ3v) is 4.85. The van der Waals surface area contributed by atoms with Crippen LogP contribution in [0.2, 0.25) is 15.1 Å². The minimum Gasteiger partial charge on any atom is -0.505 e. The number of urea groups is 1. The van der Waals surface area contributed by atoms with Crippen LogP contribution in [0.15, 0.2) is 35.9 Å². The van der Waals surface area contributed by atoms with E-state index in [-0.39, 0.29) is 27.1 Å². The van der Waals surface area contributed by atoms with Crippen LogP contribution in [0.3, 0.4) is 0 Å². The molecule has 6 nitrogen and oxygen atoms in total. The number of benzene rings is 2. The molecule has 1 aliphatic rings. The molecular formula is C18H11Cl3N2O4. The molecule has 0 atom stereocenters. The Bertz CT molecular complexity index is 1010. The maximum absolute atomic E-state index is 12.8. The molecule has 0 bridgehead atoms. The number of hydrogen-bond acceptors (Lipinski definition) is 4. The molecule has 2 N–H and O–H groups in total. The number of anilines is 1. The summed E-state index contributed by atoms with van der Waals surface area (Å²) in [6.07, 6.45) is 1.23. The van der Waals surface area contributed by atoms with E-state index in [4.69, 9.17) is 34.8 Å². The number of barbiturate groups is 1. The van der Waals surface area contributed by atoms with Crippen molar-refractivity contribution in [1.82, 2.24) is 5.32 Å². The number of aryl methyl sites for hydroxylation is 1. The quantitative estimate of drug-likeness (QED) is 0.554. The fraction of sp³-hybridized carbons (Fsp3) is 0.0556. The number of nitrogens with one attached hydrogen (secondary N) is 1. The molecule has 3 rings (SSSR count). The second kappa shape index (κ2) is 7.23. The molecule has 0 saturated carbocycles. The van der Waals surface area contributed by atoms with Crippen molar-refractivity contribution >= 4 is 64.4 Å². The first-order valence-corrected chi connectivity index (χ1v) is 8.68. The standard InChI is InChI=1S/C18H11Cl3N2O4/c1-8-2-3-10(7-12(8)19)23-17(26)11(16(25)22-18(23)27)4-9-5-13(20)15(24)14(21)6-9/h2-7,24H,1H3,(H,22,25,27). The average molecular weight is 426 g/mol. The van der Waals surface area contributed by atoms with Crippen molar-refractivity contribution in [2.45, 2.75) is 6.92 Å². The number of carbonyl (C=O) groups is 3. The van der Waals surface area contributed by atoms with Crippen molar-refractivity contribution in [1.29, 1.82) is 0 Å². The van der Waals surface area contributed by atoms with Gasteiger partial charge in [0.15, 0.2) is 5.75 Å². The molecule has 9 heteroatoms. The van der Waals surface area contributed by atoms with Gasteiger partial charge in [0.2, 0.25) is 0 Å². The topological polar surface area (TPSA) is 86.7 Å². The number of halogens is 3. The Morgan fingerprint density at radius 3 is 2.22 bits per heavy atom. The van der Waals surface area contributed by atoms with Crippen LogP contribution in [-0.4, -0.2) is 23.0 Å². The monoisotopic (exact) mass is 424 g/mol. The number of phenolic OH excluding ortho intramolecular Hbond substituents is 1. The maximum Gasteiger partial charge on any atom is 0.335 e. The van der Waals surface area contributed by atoms with Crippen molar-refractivity contribution in [3.63, 3.8) is 0 Å². The van der Waals surface area contributed by atoms with E-state index in [1.54, 1.807) is 19.1 Å². The van der Waals surface area contributed by atoms with Crippen LogP contribution in [0.5, 0.6) is 5.75 Å². The van der Waals surface area contributed by atoms with Crippen molar-refractivity contribution in [2.75, 3.05) is 4.90 Å². The van der Waals surface area contributed by atoms with Gasteiger partial charge in [-0.05, 0) is 48.4 Å². The lowest BCUT2D eigenvalue weighted by atomic mass is 10.1. The number of rotatable bonds is 2. The zero-order valence-electron chi connectivity index (χ0n) is 13.7. The highest BCUT2D eigenvalue weighted by molar-refractivity contribution is 6.40. The molecule has 1 saturated heterocycles. The molecule has 4 amide bonds. The van der Waals surface area contributed by atoms with Crippen LogP contribution < -0.4 is 10.2 Å². The minimum absolute atomic E-state index is 0.0451. The number of carbonyl (C=O) groups excluding carboxylic acids is 3. The van der Waals surface area contributed by atoms with Gasteiger partial charge in [0, 0.05) is 5.02 Å². The van der Waals surface area contributed by atoms with Gasteiger partial charge in [0.1, 0.15) is 5.57 Å². The predicted molar refractivity (Wildman–Crippen MR) is 103 cm³/mol. The van der Waals surface area contributed by atoms with Crippen LogP contribution in [-0.2, 0) is 9.59 Å². The fourth-order valence-corrected chi connectivity index (χ4v) is 3.13. The molecule has 1 aliphatic heterocycles. The fourth-order valence-electron chi connectivity index (χ4n) is 2.45. The summed E-state index contributed by atoms with van der Waals surface area (Å²) >= 11 is 17.8. The Hall–Kier alpha value is -2.54. The second-order valence-corrected chi connectivity index (χ2v) is 6.95. The first-order valence-electron chi connectivity index (χ1n) is 7.54. The highest BCUT2D eigenvalue weighted by Gasteiger charge is 2.37. The first kappa shape index (κ1) is 19.2. The molecule has 1 fully saturated rings. The number of imide groups is 2. The van der Waals surface area contributed by atoms with E-state index in [0.717, 1.165) is 10.5 Å². The Morgan fingerprint density at radius 2 is 1.63 bits per heavy atom. The highest BCUT2D eigenvalue weighted by Crippen LogP contribution is 2.34. The van der Waals surface area contributed by atoms with Gasteiger partial charge in [0.05, 0.1) is 15.7 Å². The number of aromatic hydroxyl groups is 1. The average Bonchev–Trinajstić information content (AvgIpc) is 2.59. The Balaban J connectivity index is 2.06. The summed E-state index contributed by atoms with van der Waals surface area (Å²) in [7, 11) is 0. The van der Waals surface area contributed by atoms with E-state index in [1.807, 2.05) is 0 Å². The van der Waals surface area contributed by atoms with Crippen molar-refractivity contribution in [3.05, 3.63) is 62.1 Å². The highest BCUT2D eigenvalue weighted by atomic mass is 35.5. The number of nitrogens with zero attached hydrogens (tertiary/aromatic N) is 1. The van der Waals surface area contributed by atoms with E-state index in [2.05, 4.69) is 5.32 Å². The molecule has 0 spiro atoms. The summed E-state index contributed by atoms with van der Waals surface area (Å²) in [6, 6.07) is 6.43.